The summed E-state index contributed by atoms with van der Waals surface area (Å²) < 4.78 is 17.5. The number of carbonyl (C=O) groups excluding carboxylic acids is 1. The van der Waals surface area contributed by atoms with Crippen LogP contribution in [0.5, 0.6) is 17.2 Å². The number of hydrogen-bond donors (Lipinski definition) is 1. The van der Waals surface area contributed by atoms with Crippen LogP contribution in [0.15, 0.2) is 42.5 Å². The predicted octanol–water partition coefficient (Wildman–Crippen LogP) is 3.08. The normalized spacial score (nSPS) is 16.0. The third kappa shape index (κ3) is 2.63. The number of amides is 1. The van der Waals surface area contributed by atoms with E-state index in [1.54, 1.807) is 13.2 Å². The van der Waals surface area contributed by atoms with Gasteiger partial charge in [-0.1, -0.05) is 29.5 Å². The van der Waals surface area contributed by atoms with Crippen LogP contribution in [-0.4, -0.2) is 30.7 Å². The number of anilines is 1. The van der Waals surface area contributed by atoms with Crippen LogP contribution >= 0.6 is 11.3 Å². The zero-order chi connectivity index (χ0) is 16.5. The highest BCUT2D eigenvalue weighted by atomic mass is 32.1. The van der Waals surface area contributed by atoms with E-state index >= 15 is 0 Å². The molecular formula is C17H14N2O4S. The van der Waals surface area contributed by atoms with Crippen molar-refractivity contribution < 1.29 is 19.0 Å². The lowest BCUT2D eigenvalue weighted by atomic mass is 10.2. The van der Waals surface area contributed by atoms with E-state index in [1.165, 1.54) is 11.3 Å². The van der Waals surface area contributed by atoms with Gasteiger partial charge in [0.1, 0.15) is 17.9 Å². The van der Waals surface area contributed by atoms with Gasteiger partial charge in [-0.25, -0.2) is 4.98 Å². The van der Waals surface area contributed by atoms with Gasteiger partial charge in [0.15, 0.2) is 16.6 Å². The summed E-state index contributed by atoms with van der Waals surface area (Å²) in [5, 5.41) is 3.29. The highest BCUT2D eigenvalue weighted by Crippen LogP contribution is 2.33. The van der Waals surface area contributed by atoms with E-state index in [0.29, 0.717) is 22.4 Å². The van der Waals surface area contributed by atoms with E-state index in [9.17, 15) is 4.79 Å². The van der Waals surface area contributed by atoms with Gasteiger partial charge in [-0.3, -0.25) is 10.1 Å². The Morgan fingerprint density at radius 1 is 1.25 bits per heavy atom. The number of hydrogen-bond acceptors (Lipinski definition) is 6. The zero-order valence-electron chi connectivity index (χ0n) is 12.8. The van der Waals surface area contributed by atoms with Crippen LogP contribution in [0.1, 0.15) is 0 Å². The highest BCUT2D eigenvalue weighted by molar-refractivity contribution is 7.22. The van der Waals surface area contributed by atoms with E-state index in [1.807, 2.05) is 36.4 Å². The highest BCUT2D eigenvalue weighted by Gasteiger charge is 2.28. The number of benzene rings is 2. The third-order valence-electron chi connectivity index (χ3n) is 3.63. The number of ether oxygens (including phenoxy) is 3. The van der Waals surface area contributed by atoms with Gasteiger partial charge in [-0.15, -0.1) is 0 Å². The van der Waals surface area contributed by atoms with Crippen molar-refractivity contribution in [2.45, 2.75) is 6.10 Å². The maximum atomic E-state index is 12.4. The van der Waals surface area contributed by atoms with Crippen LogP contribution in [-0.2, 0) is 4.79 Å². The van der Waals surface area contributed by atoms with Crippen molar-refractivity contribution in [2.75, 3.05) is 19.0 Å². The third-order valence-corrected chi connectivity index (χ3v) is 4.57. The summed E-state index contributed by atoms with van der Waals surface area (Å²) in [4.78, 5) is 16.9. The second kappa shape index (κ2) is 6.01. The molecule has 0 fully saturated rings. The lowest BCUT2D eigenvalue weighted by molar-refractivity contribution is -0.125. The van der Waals surface area contributed by atoms with Crippen molar-refractivity contribution >= 4 is 32.6 Å². The Hall–Kier alpha value is -2.80. The first-order valence-electron chi connectivity index (χ1n) is 7.37. The van der Waals surface area contributed by atoms with E-state index < -0.39 is 6.10 Å². The van der Waals surface area contributed by atoms with E-state index in [0.717, 1.165) is 10.2 Å². The van der Waals surface area contributed by atoms with E-state index in [2.05, 4.69) is 10.3 Å². The summed E-state index contributed by atoms with van der Waals surface area (Å²) in [6, 6.07) is 12.9. The molecule has 1 aromatic heterocycles. The molecule has 24 heavy (non-hydrogen) atoms. The quantitative estimate of drug-likeness (QED) is 0.792. The van der Waals surface area contributed by atoms with Crippen LogP contribution in [0.2, 0.25) is 0 Å². The Labute approximate surface area is 142 Å². The molecule has 0 saturated carbocycles. The number of methoxy groups -OCH3 is 1. The van der Waals surface area contributed by atoms with Crippen molar-refractivity contribution in [3.05, 3.63) is 42.5 Å². The Morgan fingerprint density at radius 2 is 2.08 bits per heavy atom. The molecule has 0 saturated heterocycles. The lowest BCUT2D eigenvalue weighted by Crippen LogP contribution is -2.40. The number of nitrogens with one attached hydrogen (secondary N) is 1. The van der Waals surface area contributed by atoms with Crippen LogP contribution in [0.3, 0.4) is 0 Å². The van der Waals surface area contributed by atoms with Crippen molar-refractivity contribution in [3.8, 4) is 17.2 Å². The standard InChI is InChI=1S/C17H14N2O4S/c1-21-12-7-4-8-14-15(12)18-17(24-14)19-16(20)13-9-22-10-5-2-3-6-11(10)23-13/h2-8,13H,9H2,1H3,(H,18,19,20)/t13-/m1/s1. The van der Waals surface area contributed by atoms with Gasteiger partial charge in [-0.05, 0) is 24.3 Å². The number of carbonyl (C=O) groups is 1. The number of para-hydroxylation sites is 3. The molecule has 4 rings (SSSR count). The summed E-state index contributed by atoms with van der Waals surface area (Å²) >= 11 is 1.39. The molecular weight excluding hydrogens is 328 g/mol. The molecule has 1 aliphatic heterocycles. The molecule has 7 heteroatoms. The van der Waals surface area contributed by atoms with Crippen molar-refractivity contribution in [3.63, 3.8) is 0 Å². The fraction of sp³-hybridized carbons (Fsp3) is 0.176. The van der Waals surface area contributed by atoms with Crippen LogP contribution in [0.25, 0.3) is 10.2 Å². The smallest absolute Gasteiger partial charge is 0.270 e. The molecule has 0 radical (unpaired) electrons. The van der Waals surface area contributed by atoms with Gasteiger partial charge in [0, 0.05) is 0 Å². The maximum Gasteiger partial charge on any atom is 0.270 e. The fourth-order valence-electron chi connectivity index (χ4n) is 2.48. The second-order valence-electron chi connectivity index (χ2n) is 5.18. The molecule has 0 aliphatic carbocycles. The molecule has 2 heterocycles. The van der Waals surface area contributed by atoms with Gasteiger partial charge >= 0.3 is 0 Å². The fourth-order valence-corrected chi connectivity index (χ4v) is 3.36. The Bertz CT molecular complexity index is 908. The number of thiazole rings is 1. The van der Waals surface area contributed by atoms with Crippen molar-refractivity contribution in [1.29, 1.82) is 0 Å². The first-order valence-corrected chi connectivity index (χ1v) is 8.19. The van der Waals surface area contributed by atoms with Crippen LogP contribution < -0.4 is 19.5 Å². The van der Waals surface area contributed by atoms with E-state index in [4.69, 9.17) is 14.2 Å². The molecule has 2 aromatic carbocycles. The second-order valence-corrected chi connectivity index (χ2v) is 6.21. The summed E-state index contributed by atoms with van der Waals surface area (Å²) in [6.07, 6.45) is -0.714. The molecule has 122 valence electrons. The predicted molar refractivity (Wildman–Crippen MR) is 91.2 cm³/mol. The maximum absolute atomic E-state index is 12.4. The van der Waals surface area contributed by atoms with Gasteiger partial charge in [0.05, 0.1) is 11.8 Å². The Balaban J connectivity index is 1.53. The number of fused-ring (bicyclic) bond motifs is 2. The summed E-state index contributed by atoms with van der Waals surface area (Å²) in [7, 11) is 1.59. The topological polar surface area (TPSA) is 69.7 Å². The number of rotatable bonds is 3. The number of aromatic nitrogens is 1. The molecule has 0 spiro atoms. The molecule has 0 unspecified atom stereocenters. The van der Waals surface area contributed by atoms with Crippen molar-refractivity contribution in [2.24, 2.45) is 0 Å². The minimum atomic E-state index is -0.714. The van der Waals surface area contributed by atoms with E-state index in [-0.39, 0.29) is 12.5 Å². The lowest BCUT2D eigenvalue weighted by Gasteiger charge is -2.25. The van der Waals surface area contributed by atoms with Crippen LogP contribution in [0.4, 0.5) is 5.13 Å². The first-order chi connectivity index (χ1) is 11.7. The largest absolute Gasteiger partial charge is 0.494 e. The van der Waals surface area contributed by atoms with Gasteiger partial charge < -0.3 is 14.2 Å². The average molecular weight is 342 g/mol. The van der Waals surface area contributed by atoms with Gasteiger partial charge in [-0.2, -0.15) is 0 Å². The van der Waals surface area contributed by atoms with Crippen molar-refractivity contribution in [1.82, 2.24) is 4.98 Å². The molecule has 0 bridgehead atoms. The van der Waals surface area contributed by atoms with Crippen LogP contribution in [0, 0.1) is 0 Å². The van der Waals surface area contributed by atoms with Gasteiger partial charge in [0.25, 0.3) is 5.91 Å². The zero-order valence-corrected chi connectivity index (χ0v) is 13.6. The monoisotopic (exact) mass is 342 g/mol. The Kier molecular flexibility index (Phi) is 3.70. The number of nitrogens with zero attached hydrogens (tertiary/aromatic N) is 1. The molecule has 1 N–H and O–H groups in total. The first kappa shape index (κ1) is 14.8. The minimum absolute atomic E-state index is 0.164. The summed E-state index contributed by atoms with van der Waals surface area (Å²) in [5.41, 5.74) is 0.728. The molecule has 6 nitrogen and oxygen atoms in total. The molecule has 1 amide bonds. The molecule has 1 aliphatic rings. The SMILES string of the molecule is COc1cccc2sc(NC(=O)[C@H]3COc4ccccc4O3)nc12. The summed E-state index contributed by atoms with van der Waals surface area (Å²) in [5.74, 6) is 1.60. The summed E-state index contributed by atoms with van der Waals surface area (Å²) in [6.45, 7) is 0.164. The van der Waals surface area contributed by atoms with Gasteiger partial charge in [0.2, 0.25) is 6.10 Å². The molecule has 3 aromatic rings. The average Bonchev–Trinajstić information content (AvgIpc) is 3.03. The Morgan fingerprint density at radius 3 is 2.92 bits per heavy atom. The minimum Gasteiger partial charge on any atom is -0.494 e. The molecule has 1 atom stereocenters.